The summed E-state index contributed by atoms with van der Waals surface area (Å²) >= 11 is 0. The van der Waals surface area contributed by atoms with Crippen LogP contribution in [0.3, 0.4) is 0 Å². The Balaban J connectivity index is 1.64. The summed E-state index contributed by atoms with van der Waals surface area (Å²) in [5.41, 5.74) is 3.46. The summed E-state index contributed by atoms with van der Waals surface area (Å²) < 4.78 is 26.8. The first-order valence-corrected chi connectivity index (χ1v) is 8.95. The summed E-state index contributed by atoms with van der Waals surface area (Å²) in [6.45, 7) is 4.31. The van der Waals surface area contributed by atoms with Crippen LogP contribution in [0.5, 0.6) is 0 Å². The van der Waals surface area contributed by atoms with Crippen molar-refractivity contribution in [1.29, 1.82) is 0 Å². The van der Waals surface area contributed by atoms with Crippen LogP contribution in [-0.2, 0) is 20.9 Å². The lowest BCUT2D eigenvalue weighted by Crippen LogP contribution is -2.43. The summed E-state index contributed by atoms with van der Waals surface area (Å²) in [4.78, 5) is 4.81. The number of rotatable bonds is 4. The number of hydrogen-bond acceptors (Lipinski definition) is 5. The molecular formula is C15H20N2O3S. The first-order valence-electron chi connectivity index (χ1n) is 7.13. The molecule has 21 heavy (non-hydrogen) atoms. The fourth-order valence-corrected chi connectivity index (χ4v) is 3.14. The van der Waals surface area contributed by atoms with E-state index < -0.39 is 10.1 Å². The van der Waals surface area contributed by atoms with E-state index in [0.29, 0.717) is 0 Å². The van der Waals surface area contributed by atoms with Gasteiger partial charge in [0.25, 0.3) is 10.1 Å². The highest BCUT2D eigenvalue weighted by molar-refractivity contribution is 7.85. The average Bonchev–Trinajstić information content (AvgIpc) is 2.92. The van der Waals surface area contributed by atoms with Crippen molar-refractivity contribution in [2.24, 2.45) is 0 Å². The van der Waals surface area contributed by atoms with E-state index in [4.69, 9.17) is 4.18 Å². The van der Waals surface area contributed by atoms with Gasteiger partial charge in [-0.25, -0.2) is 0 Å². The molecule has 114 valence electrons. The van der Waals surface area contributed by atoms with E-state index in [2.05, 4.69) is 15.9 Å². The van der Waals surface area contributed by atoms with Crippen LogP contribution in [0.4, 0.5) is 5.69 Å². The van der Waals surface area contributed by atoms with Gasteiger partial charge in [0.2, 0.25) is 0 Å². The third-order valence-electron chi connectivity index (χ3n) is 3.92. The van der Waals surface area contributed by atoms with Gasteiger partial charge >= 0.3 is 0 Å². The molecule has 2 aliphatic heterocycles. The molecule has 6 heteroatoms. The first-order chi connectivity index (χ1) is 10.0. The van der Waals surface area contributed by atoms with Gasteiger partial charge in [-0.05, 0) is 24.1 Å². The Morgan fingerprint density at radius 2 is 1.81 bits per heavy atom. The third kappa shape index (κ3) is 3.57. The van der Waals surface area contributed by atoms with Crippen molar-refractivity contribution in [2.45, 2.75) is 13.0 Å². The second-order valence-electron chi connectivity index (χ2n) is 5.53. The molecule has 2 aliphatic rings. The maximum atomic E-state index is 11.0. The van der Waals surface area contributed by atoms with Crippen molar-refractivity contribution in [3.8, 4) is 0 Å². The standard InChI is InChI=1S/C15H20N2O3S/c1-21(18,19)20-12-13-4-6-14(7-5-13)17-10-9-16-8-2-3-15(16)11-17/h3-7H,2,8-12H2,1H3. The Kier molecular flexibility index (Phi) is 3.91. The molecule has 1 saturated heterocycles. The van der Waals surface area contributed by atoms with Crippen molar-refractivity contribution in [3.63, 3.8) is 0 Å². The van der Waals surface area contributed by atoms with E-state index in [1.54, 1.807) is 0 Å². The van der Waals surface area contributed by atoms with Gasteiger partial charge in [-0.3, -0.25) is 4.18 Å². The second kappa shape index (κ2) is 5.69. The van der Waals surface area contributed by atoms with Crippen LogP contribution < -0.4 is 4.90 Å². The van der Waals surface area contributed by atoms with Gasteiger partial charge in [0, 0.05) is 31.0 Å². The molecular weight excluding hydrogens is 288 g/mol. The maximum absolute atomic E-state index is 11.0. The number of piperazine rings is 1. The summed E-state index contributed by atoms with van der Waals surface area (Å²) in [7, 11) is -3.39. The van der Waals surface area contributed by atoms with Crippen molar-refractivity contribution in [1.82, 2.24) is 4.90 Å². The minimum atomic E-state index is -3.39. The SMILES string of the molecule is CS(=O)(=O)OCc1ccc(N2CCN3CCC=C3C2)cc1. The zero-order chi connectivity index (χ0) is 14.9. The number of anilines is 1. The molecule has 1 fully saturated rings. The Morgan fingerprint density at radius 3 is 2.52 bits per heavy atom. The Hall–Kier alpha value is -1.53. The predicted octanol–water partition coefficient (Wildman–Crippen LogP) is 1.57. The molecule has 0 aliphatic carbocycles. The smallest absolute Gasteiger partial charge is 0.264 e. The Labute approximate surface area is 125 Å². The zero-order valence-electron chi connectivity index (χ0n) is 12.2. The highest BCUT2D eigenvalue weighted by atomic mass is 32.2. The summed E-state index contributed by atoms with van der Waals surface area (Å²) in [5.74, 6) is 0. The second-order valence-corrected chi connectivity index (χ2v) is 7.17. The molecule has 0 N–H and O–H groups in total. The summed E-state index contributed by atoms with van der Waals surface area (Å²) in [6.07, 6.45) is 4.54. The van der Waals surface area contributed by atoms with Gasteiger partial charge in [-0.2, -0.15) is 8.42 Å². The van der Waals surface area contributed by atoms with Gasteiger partial charge in [-0.15, -0.1) is 0 Å². The minimum absolute atomic E-state index is 0.0953. The lowest BCUT2D eigenvalue weighted by Gasteiger charge is -2.37. The van der Waals surface area contributed by atoms with E-state index in [1.165, 1.54) is 11.4 Å². The van der Waals surface area contributed by atoms with Crippen LogP contribution in [0.15, 0.2) is 36.0 Å². The molecule has 0 amide bonds. The van der Waals surface area contributed by atoms with Gasteiger partial charge in [0.1, 0.15) is 0 Å². The zero-order valence-corrected chi connectivity index (χ0v) is 13.0. The maximum Gasteiger partial charge on any atom is 0.264 e. The van der Waals surface area contributed by atoms with Gasteiger partial charge in [-0.1, -0.05) is 18.2 Å². The average molecular weight is 308 g/mol. The van der Waals surface area contributed by atoms with E-state index in [-0.39, 0.29) is 6.61 Å². The summed E-state index contributed by atoms with van der Waals surface area (Å²) in [5, 5.41) is 0. The minimum Gasteiger partial charge on any atom is -0.372 e. The monoisotopic (exact) mass is 308 g/mol. The molecule has 0 unspecified atom stereocenters. The molecule has 3 rings (SSSR count). The highest BCUT2D eigenvalue weighted by Gasteiger charge is 2.23. The molecule has 0 radical (unpaired) electrons. The molecule has 0 atom stereocenters. The molecule has 0 saturated carbocycles. The van der Waals surface area contributed by atoms with Crippen molar-refractivity contribution in [2.75, 3.05) is 37.3 Å². The first kappa shape index (κ1) is 14.4. The topological polar surface area (TPSA) is 49.9 Å². The molecule has 0 bridgehead atoms. The fraction of sp³-hybridized carbons (Fsp3) is 0.467. The molecule has 1 aromatic carbocycles. The normalized spacial score (nSPS) is 18.6. The highest BCUT2D eigenvalue weighted by Crippen LogP contribution is 2.25. The van der Waals surface area contributed by atoms with Crippen molar-refractivity contribution < 1.29 is 12.6 Å². The van der Waals surface area contributed by atoms with Crippen LogP contribution in [0, 0.1) is 0 Å². The van der Waals surface area contributed by atoms with Crippen molar-refractivity contribution in [3.05, 3.63) is 41.6 Å². The molecule has 1 aromatic rings. The quantitative estimate of drug-likeness (QED) is 0.790. The van der Waals surface area contributed by atoms with Gasteiger partial charge in [0.05, 0.1) is 19.4 Å². The van der Waals surface area contributed by atoms with Gasteiger partial charge in [0.15, 0.2) is 0 Å². The third-order valence-corrected chi connectivity index (χ3v) is 4.47. The molecule has 5 nitrogen and oxygen atoms in total. The molecule has 0 spiro atoms. The van der Waals surface area contributed by atoms with E-state index in [9.17, 15) is 8.42 Å². The van der Waals surface area contributed by atoms with Crippen molar-refractivity contribution >= 4 is 15.8 Å². The van der Waals surface area contributed by atoms with E-state index in [1.807, 2.05) is 24.3 Å². The number of fused-ring (bicyclic) bond motifs is 1. The van der Waals surface area contributed by atoms with Crippen LogP contribution in [0.25, 0.3) is 0 Å². The van der Waals surface area contributed by atoms with Crippen LogP contribution in [-0.4, -0.2) is 45.8 Å². The largest absolute Gasteiger partial charge is 0.372 e. The number of nitrogens with zero attached hydrogens (tertiary/aromatic N) is 2. The predicted molar refractivity (Wildman–Crippen MR) is 82.6 cm³/mol. The van der Waals surface area contributed by atoms with Crippen LogP contribution in [0.2, 0.25) is 0 Å². The van der Waals surface area contributed by atoms with E-state index in [0.717, 1.165) is 44.4 Å². The lowest BCUT2D eigenvalue weighted by molar-refractivity contribution is 0.311. The van der Waals surface area contributed by atoms with Crippen LogP contribution in [0.1, 0.15) is 12.0 Å². The fourth-order valence-electron chi connectivity index (χ4n) is 2.79. The van der Waals surface area contributed by atoms with Crippen LogP contribution >= 0.6 is 0 Å². The molecule has 0 aromatic heterocycles. The summed E-state index contributed by atoms with van der Waals surface area (Å²) in [6, 6.07) is 7.92. The Morgan fingerprint density at radius 1 is 1.10 bits per heavy atom. The number of benzene rings is 1. The number of hydrogen-bond donors (Lipinski definition) is 0. The lowest BCUT2D eigenvalue weighted by atomic mass is 10.2. The van der Waals surface area contributed by atoms with E-state index >= 15 is 0 Å². The van der Waals surface area contributed by atoms with Gasteiger partial charge < -0.3 is 9.80 Å². The molecule has 2 heterocycles. The Bertz CT molecular complexity index is 637.